The number of aliphatic imine (C=N–C) groups is 1. The molecule has 5 heteroatoms. The van der Waals surface area contributed by atoms with Gasteiger partial charge in [-0.15, -0.1) is 0 Å². The molecule has 100 valence electrons. The maximum atomic E-state index is 9.89. The molecule has 0 heterocycles. The van der Waals surface area contributed by atoms with Crippen molar-refractivity contribution in [2.45, 2.75) is 26.8 Å². The molecule has 1 rings (SSSR count). The third-order valence-electron chi connectivity index (χ3n) is 2.62. The third kappa shape index (κ3) is 4.07. The van der Waals surface area contributed by atoms with E-state index < -0.39 is 0 Å². The molecule has 0 unspecified atom stereocenters. The highest BCUT2D eigenvalue weighted by atomic mass is 79.9. The zero-order valence-electron chi connectivity index (χ0n) is 10.6. The third-order valence-corrected chi connectivity index (χ3v) is 3.69. The summed E-state index contributed by atoms with van der Waals surface area (Å²) in [5.41, 5.74) is 0.489. The first kappa shape index (κ1) is 15.7. The van der Waals surface area contributed by atoms with Crippen molar-refractivity contribution in [3.63, 3.8) is 0 Å². The fraction of sp³-hybridized carbons (Fsp3) is 0.462. The lowest BCUT2D eigenvalue weighted by Crippen LogP contribution is -2.28. The molecule has 1 aromatic rings. The van der Waals surface area contributed by atoms with Gasteiger partial charge in [-0.25, -0.2) is 0 Å². The lowest BCUT2D eigenvalue weighted by molar-refractivity contribution is 0.191. The van der Waals surface area contributed by atoms with Crippen LogP contribution in [0, 0.1) is 5.41 Å². The first-order chi connectivity index (χ1) is 8.25. The van der Waals surface area contributed by atoms with Crippen LogP contribution in [0.15, 0.2) is 26.1 Å². The van der Waals surface area contributed by atoms with Crippen molar-refractivity contribution in [3.8, 4) is 5.75 Å². The SMILES string of the molecule is CC(C)(C)[C@H](CO)/N=C/c1cc(Br)cc(Br)c1O. The quantitative estimate of drug-likeness (QED) is 0.787. The molecule has 2 N–H and O–H groups in total. The highest BCUT2D eigenvalue weighted by Gasteiger charge is 2.22. The molecule has 0 bridgehead atoms. The normalized spacial score (nSPS) is 14.1. The number of aliphatic hydroxyl groups is 1. The number of phenolic OH excluding ortho intramolecular Hbond substituents is 1. The van der Waals surface area contributed by atoms with Crippen molar-refractivity contribution in [1.29, 1.82) is 0 Å². The average molecular weight is 379 g/mol. The van der Waals surface area contributed by atoms with Crippen LogP contribution in [0.5, 0.6) is 5.75 Å². The molecular weight excluding hydrogens is 362 g/mol. The van der Waals surface area contributed by atoms with Crippen molar-refractivity contribution in [3.05, 3.63) is 26.6 Å². The number of hydrogen-bond donors (Lipinski definition) is 2. The summed E-state index contributed by atoms with van der Waals surface area (Å²) in [6, 6.07) is 3.34. The molecule has 0 saturated carbocycles. The van der Waals surface area contributed by atoms with Gasteiger partial charge in [0.25, 0.3) is 0 Å². The molecule has 1 aromatic carbocycles. The van der Waals surface area contributed by atoms with E-state index in [-0.39, 0.29) is 23.8 Å². The van der Waals surface area contributed by atoms with Crippen molar-refractivity contribution in [1.82, 2.24) is 0 Å². The lowest BCUT2D eigenvalue weighted by Gasteiger charge is -2.25. The molecule has 0 aliphatic rings. The first-order valence-corrected chi connectivity index (χ1v) is 7.16. The average Bonchev–Trinajstić information content (AvgIpc) is 2.23. The molecular formula is C13H17Br2NO2. The summed E-state index contributed by atoms with van der Waals surface area (Å²) in [5, 5.41) is 19.2. The summed E-state index contributed by atoms with van der Waals surface area (Å²) in [6.07, 6.45) is 1.59. The molecule has 0 amide bonds. The standard InChI is InChI=1S/C13H17Br2NO2/c1-13(2,3)11(7-17)16-6-8-4-9(14)5-10(15)12(8)18/h4-6,11,17-18H,7H2,1-3H3/b16-6+/t11-/m0/s1. The Balaban J connectivity index is 3.04. The monoisotopic (exact) mass is 377 g/mol. The van der Waals surface area contributed by atoms with Crippen molar-refractivity contribution < 1.29 is 10.2 Å². The highest BCUT2D eigenvalue weighted by Crippen LogP contribution is 2.31. The maximum absolute atomic E-state index is 9.89. The van der Waals surface area contributed by atoms with Crippen molar-refractivity contribution in [2.24, 2.45) is 10.4 Å². The van der Waals surface area contributed by atoms with E-state index in [0.717, 1.165) is 4.47 Å². The second-order valence-corrected chi connectivity index (χ2v) is 6.94. The Morgan fingerprint density at radius 2 is 1.94 bits per heavy atom. The second kappa shape index (κ2) is 6.17. The topological polar surface area (TPSA) is 52.8 Å². The zero-order valence-corrected chi connectivity index (χ0v) is 13.8. The van der Waals surface area contributed by atoms with Crippen molar-refractivity contribution >= 4 is 38.1 Å². The minimum Gasteiger partial charge on any atom is -0.506 e. The van der Waals surface area contributed by atoms with Gasteiger partial charge in [0.2, 0.25) is 0 Å². The van der Waals surface area contributed by atoms with E-state index in [9.17, 15) is 10.2 Å². The number of halogens is 2. The molecule has 1 atom stereocenters. The van der Waals surface area contributed by atoms with Gasteiger partial charge in [-0.1, -0.05) is 36.7 Å². The maximum Gasteiger partial charge on any atom is 0.138 e. The number of rotatable bonds is 3. The van der Waals surface area contributed by atoms with Crippen LogP contribution in [0.4, 0.5) is 0 Å². The molecule has 3 nitrogen and oxygen atoms in total. The van der Waals surface area contributed by atoms with E-state index in [4.69, 9.17) is 0 Å². The molecule has 0 radical (unpaired) electrons. The molecule has 0 aliphatic carbocycles. The van der Waals surface area contributed by atoms with Gasteiger partial charge in [-0.05, 0) is 33.5 Å². The molecule has 0 fully saturated rings. The summed E-state index contributed by atoms with van der Waals surface area (Å²) in [7, 11) is 0. The Bertz CT molecular complexity index is 453. The fourth-order valence-electron chi connectivity index (χ4n) is 1.40. The molecule has 0 spiro atoms. The van der Waals surface area contributed by atoms with E-state index in [2.05, 4.69) is 36.9 Å². The van der Waals surface area contributed by atoms with E-state index in [1.165, 1.54) is 0 Å². The Kier molecular flexibility index (Phi) is 5.37. The van der Waals surface area contributed by atoms with Gasteiger partial charge in [0.05, 0.1) is 17.1 Å². The number of aromatic hydroxyl groups is 1. The number of nitrogens with zero attached hydrogens (tertiary/aromatic N) is 1. The smallest absolute Gasteiger partial charge is 0.138 e. The molecule has 18 heavy (non-hydrogen) atoms. The number of hydrogen-bond acceptors (Lipinski definition) is 3. The van der Waals surface area contributed by atoms with Gasteiger partial charge in [0.1, 0.15) is 5.75 Å². The van der Waals surface area contributed by atoms with Gasteiger partial charge in [0.15, 0.2) is 0 Å². The molecule has 0 saturated heterocycles. The zero-order chi connectivity index (χ0) is 13.9. The second-order valence-electron chi connectivity index (χ2n) is 5.17. The fourth-order valence-corrected chi connectivity index (χ4v) is 2.66. The van der Waals surface area contributed by atoms with Gasteiger partial charge >= 0.3 is 0 Å². The van der Waals surface area contributed by atoms with Crippen LogP contribution in [-0.4, -0.2) is 29.1 Å². The number of benzene rings is 1. The van der Waals surface area contributed by atoms with E-state index >= 15 is 0 Å². The Labute approximate surface area is 124 Å². The summed E-state index contributed by atoms with van der Waals surface area (Å²) >= 11 is 6.63. The summed E-state index contributed by atoms with van der Waals surface area (Å²) in [4.78, 5) is 4.35. The van der Waals surface area contributed by atoms with Crippen LogP contribution in [0.2, 0.25) is 0 Å². The molecule has 0 aromatic heterocycles. The van der Waals surface area contributed by atoms with Crippen LogP contribution >= 0.6 is 31.9 Å². The van der Waals surface area contributed by atoms with E-state index in [1.54, 1.807) is 18.3 Å². The van der Waals surface area contributed by atoms with Gasteiger partial charge < -0.3 is 10.2 Å². The lowest BCUT2D eigenvalue weighted by atomic mass is 9.88. The summed E-state index contributed by atoms with van der Waals surface area (Å²) in [5.74, 6) is 0.146. The largest absolute Gasteiger partial charge is 0.506 e. The minimum absolute atomic E-state index is 0.0179. The van der Waals surface area contributed by atoms with Crippen LogP contribution in [-0.2, 0) is 0 Å². The first-order valence-electron chi connectivity index (χ1n) is 5.57. The van der Waals surface area contributed by atoms with Gasteiger partial charge in [-0.2, -0.15) is 0 Å². The van der Waals surface area contributed by atoms with E-state index in [0.29, 0.717) is 10.0 Å². The van der Waals surface area contributed by atoms with E-state index in [1.807, 2.05) is 20.8 Å². The Hall–Kier alpha value is -0.390. The Morgan fingerprint density at radius 1 is 1.33 bits per heavy atom. The van der Waals surface area contributed by atoms with Gasteiger partial charge in [-0.3, -0.25) is 4.99 Å². The highest BCUT2D eigenvalue weighted by molar-refractivity contribution is 9.11. The van der Waals surface area contributed by atoms with Crippen LogP contribution in [0.1, 0.15) is 26.3 Å². The summed E-state index contributed by atoms with van der Waals surface area (Å²) < 4.78 is 1.46. The predicted octanol–water partition coefficient (Wildman–Crippen LogP) is 3.74. The van der Waals surface area contributed by atoms with Crippen molar-refractivity contribution in [2.75, 3.05) is 6.61 Å². The number of phenols is 1. The predicted molar refractivity (Wildman–Crippen MR) is 81.4 cm³/mol. The summed E-state index contributed by atoms with van der Waals surface area (Å²) in [6.45, 7) is 6.03. The minimum atomic E-state index is -0.199. The van der Waals surface area contributed by atoms with Gasteiger partial charge in [0, 0.05) is 16.3 Å². The van der Waals surface area contributed by atoms with Crippen LogP contribution < -0.4 is 0 Å². The Morgan fingerprint density at radius 3 is 2.44 bits per heavy atom. The molecule has 0 aliphatic heterocycles. The van der Waals surface area contributed by atoms with Crippen LogP contribution in [0.3, 0.4) is 0 Å². The van der Waals surface area contributed by atoms with Crippen LogP contribution in [0.25, 0.3) is 0 Å². The number of aliphatic hydroxyl groups excluding tert-OH is 1.